The molecule has 0 fully saturated rings. The maximum atomic E-state index is 12.4. The van der Waals surface area contributed by atoms with E-state index in [-0.39, 0.29) is 12.2 Å². The van der Waals surface area contributed by atoms with Gasteiger partial charge in [-0.1, -0.05) is 24.3 Å². The number of benzene rings is 1. The van der Waals surface area contributed by atoms with Gasteiger partial charge in [0.05, 0.1) is 7.11 Å². The average molecular weight is 325 g/mol. The van der Waals surface area contributed by atoms with Crippen molar-refractivity contribution in [2.75, 3.05) is 7.11 Å². The Morgan fingerprint density at radius 3 is 2.79 bits per heavy atom. The van der Waals surface area contributed by atoms with Crippen molar-refractivity contribution in [2.45, 2.75) is 6.54 Å². The van der Waals surface area contributed by atoms with Crippen LogP contribution in [-0.4, -0.2) is 27.5 Å². The summed E-state index contributed by atoms with van der Waals surface area (Å²) in [5.74, 6) is -0.673. The van der Waals surface area contributed by atoms with E-state index in [1.165, 1.54) is 17.7 Å². The molecule has 0 unspecified atom stereocenters. The van der Waals surface area contributed by atoms with E-state index in [1.807, 2.05) is 12.1 Å². The van der Waals surface area contributed by atoms with Gasteiger partial charge in [-0.05, 0) is 18.2 Å². The summed E-state index contributed by atoms with van der Waals surface area (Å²) in [5, 5.41) is 12.6. The Morgan fingerprint density at radius 1 is 1.25 bits per heavy atom. The minimum absolute atomic E-state index is 0.152. The molecule has 3 aromatic rings. The van der Waals surface area contributed by atoms with E-state index in [4.69, 9.17) is 4.74 Å². The maximum Gasteiger partial charge on any atom is 0.274 e. The number of methoxy groups -OCH3 is 1. The smallest absolute Gasteiger partial charge is 0.274 e. The summed E-state index contributed by atoms with van der Waals surface area (Å²) in [4.78, 5) is 28.6. The SMILES string of the molecule is COc1ccccc1CNC(=O)c1c(O)nc2ccccn2c1=O. The fourth-order valence-corrected chi connectivity index (χ4v) is 2.39. The monoisotopic (exact) mass is 325 g/mol. The van der Waals surface area contributed by atoms with Crippen molar-refractivity contribution in [1.29, 1.82) is 0 Å². The number of aromatic hydroxyl groups is 1. The molecule has 2 N–H and O–H groups in total. The number of rotatable bonds is 4. The van der Waals surface area contributed by atoms with Crippen LogP contribution in [0.2, 0.25) is 0 Å². The van der Waals surface area contributed by atoms with Crippen LogP contribution in [0.1, 0.15) is 15.9 Å². The normalized spacial score (nSPS) is 10.5. The summed E-state index contributed by atoms with van der Waals surface area (Å²) in [6.45, 7) is 0.152. The molecule has 3 rings (SSSR count). The highest BCUT2D eigenvalue weighted by molar-refractivity contribution is 5.96. The zero-order chi connectivity index (χ0) is 17.1. The van der Waals surface area contributed by atoms with Gasteiger partial charge in [0.1, 0.15) is 11.4 Å². The van der Waals surface area contributed by atoms with Crippen LogP contribution >= 0.6 is 0 Å². The van der Waals surface area contributed by atoms with Gasteiger partial charge in [-0.15, -0.1) is 0 Å². The van der Waals surface area contributed by atoms with Gasteiger partial charge in [-0.25, -0.2) is 0 Å². The molecular formula is C17H15N3O4. The van der Waals surface area contributed by atoms with Crippen LogP contribution in [0.3, 0.4) is 0 Å². The third-order valence-electron chi connectivity index (χ3n) is 3.57. The minimum Gasteiger partial charge on any atom is -0.496 e. The van der Waals surface area contributed by atoms with Crippen LogP contribution < -0.4 is 15.6 Å². The van der Waals surface area contributed by atoms with E-state index in [1.54, 1.807) is 30.3 Å². The Morgan fingerprint density at radius 2 is 2.00 bits per heavy atom. The number of pyridine rings is 1. The second-order valence-corrected chi connectivity index (χ2v) is 5.04. The fourth-order valence-electron chi connectivity index (χ4n) is 2.39. The number of ether oxygens (including phenoxy) is 1. The summed E-state index contributed by atoms with van der Waals surface area (Å²) in [7, 11) is 1.53. The number of nitrogens with one attached hydrogen (secondary N) is 1. The van der Waals surface area contributed by atoms with Crippen LogP contribution in [0, 0.1) is 0 Å². The average Bonchev–Trinajstić information content (AvgIpc) is 2.60. The summed E-state index contributed by atoms with van der Waals surface area (Å²) in [6.07, 6.45) is 1.49. The van der Waals surface area contributed by atoms with E-state index >= 15 is 0 Å². The molecule has 0 atom stereocenters. The van der Waals surface area contributed by atoms with Crippen molar-refractivity contribution in [2.24, 2.45) is 0 Å². The summed E-state index contributed by atoms with van der Waals surface area (Å²) in [6, 6.07) is 12.1. The van der Waals surface area contributed by atoms with Crippen LogP contribution in [-0.2, 0) is 6.54 Å². The second-order valence-electron chi connectivity index (χ2n) is 5.04. The predicted molar refractivity (Wildman–Crippen MR) is 87.3 cm³/mol. The maximum absolute atomic E-state index is 12.4. The number of aromatic nitrogens is 2. The van der Waals surface area contributed by atoms with Gasteiger partial charge in [-0.3, -0.25) is 14.0 Å². The Bertz CT molecular complexity index is 965. The molecule has 0 saturated heterocycles. The van der Waals surface area contributed by atoms with Crippen molar-refractivity contribution in [3.8, 4) is 11.6 Å². The van der Waals surface area contributed by atoms with Crippen molar-refractivity contribution in [3.63, 3.8) is 0 Å². The van der Waals surface area contributed by atoms with Gasteiger partial charge in [-0.2, -0.15) is 4.98 Å². The topological polar surface area (TPSA) is 92.9 Å². The van der Waals surface area contributed by atoms with E-state index in [0.29, 0.717) is 5.75 Å². The van der Waals surface area contributed by atoms with Crippen LogP contribution in [0.4, 0.5) is 0 Å². The number of amides is 1. The molecule has 0 bridgehead atoms. The lowest BCUT2D eigenvalue weighted by Gasteiger charge is -2.10. The first-order chi connectivity index (χ1) is 11.6. The minimum atomic E-state index is -0.700. The summed E-state index contributed by atoms with van der Waals surface area (Å²) in [5.41, 5.74) is -0.00723. The van der Waals surface area contributed by atoms with Gasteiger partial charge in [0.25, 0.3) is 11.5 Å². The molecule has 0 aliphatic carbocycles. The molecule has 7 nitrogen and oxygen atoms in total. The number of carbonyl (C=O) groups excluding carboxylic acids is 1. The van der Waals surface area contributed by atoms with Crippen molar-refractivity contribution in [3.05, 3.63) is 70.1 Å². The molecule has 2 aromatic heterocycles. The molecule has 0 saturated carbocycles. The lowest BCUT2D eigenvalue weighted by Crippen LogP contribution is -2.31. The van der Waals surface area contributed by atoms with E-state index in [2.05, 4.69) is 10.3 Å². The molecule has 0 radical (unpaired) electrons. The van der Waals surface area contributed by atoms with Gasteiger partial charge in [0, 0.05) is 18.3 Å². The second kappa shape index (κ2) is 6.41. The Kier molecular flexibility index (Phi) is 4.15. The van der Waals surface area contributed by atoms with Crippen molar-refractivity contribution in [1.82, 2.24) is 14.7 Å². The number of hydrogen-bond acceptors (Lipinski definition) is 5. The first-order valence-electron chi connectivity index (χ1n) is 7.22. The zero-order valence-corrected chi connectivity index (χ0v) is 12.9. The van der Waals surface area contributed by atoms with Gasteiger partial charge in [0.15, 0.2) is 5.56 Å². The largest absolute Gasteiger partial charge is 0.496 e. The Hall–Kier alpha value is -3.35. The zero-order valence-electron chi connectivity index (χ0n) is 12.9. The number of hydrogen-bond donors (Lipinski definition) is 2. The first kappa shape index (κ1) is 15.5. The molecule has 2 heterocycles. The molecule has 0 spiro atoms. The van der Waals surface area contributed by atoms with E-state index in [9.17, 15) is 14.7 Å². The van der Waals surface area contributed by atoms with Crippen LogP contribution in [0.15, 0.2) is 53.5 Å². The fraction of sp³-hybridized carbons (Fsp3) is 0.118. The molecule has 1 aromatic carbocycles. The van der Waals surface area contributed by atoms with Crippen LogP contribution in [0.25, 0.3) is 5.65 Å². The van der Waals surface area contributed by atoms with Crippen molar-refractivity contribution < 1.29 is 14.6 Å². The molecule has 7 heteroatoms. The van der Waals surface area contributed by atoms with Gasteiger partial charge < -0.3 is 15.2 Å². The van der Waals surface area contributed by atoms with Crippen LogP contribution in [0.5, 0.6) is 11.6 Å². The highest BCUT2D eigenvalue weighted by Crippen LogP contribution is 2.17. The third-order valence-corrected chi connectivity index (χ3v) is 3.57. The Labute approximate surface area is 137 Å². The molecule has 24 heavy (non-hydrogen) atoms. The molecule has 1 amide bonds. The highest BCUT2D eigenvalue weighted by atomic mass is 16.5. The first-order valence-corrected chi connectivity index (χ1v) is 7.22. The standard InChI is InChI=1S/C17H15N3O4/c1-24-12-7-3-2-6-11(12)10-18-15(21)14-16(22)19-13-8-4-5-9-20(13)17(14)23/h2-9,22H,10H2,1H3,(H,18,21). The number of fused-ring (bicyclic) bond motifs is 1. The van der Waals surface area contributed by atoms with Crippen molar-refractivity contribution >= 4 is 11.6 Å². The molecule has 122 valence electrons. The van der Waals surface area contributed by atoms with Gasteiger partial charge in [0.2, 0.25) is 5.88 Å². The molecule has 0 aliphatic heterocycles. The summed E-state index contributed by atoms with van der Waals surface area (Å²) < 4.78 is 6.42. The number of para-hydroxylation sites is 1. The molecular weight excluding hydrogens is 310 g/mol. The molecule has 0 aliphatic rings. The summed E-state index contributed by atoms with van der Waals surface area (Å²) >= 11 is 0. The van der Waals surface area contributed by atoms with E-state index in [0.717, 1.165) is 5.56 Å². The highest BCUT2D eigenvalue weighted by Gasteiger charge is 2.19. The number of carbonyl (C=O) groups is 1. The lowest BCUT2D eigenvalue weighted by atomic mass is 10.2. The number of nitrogens with zero attached hydrogens (tertiary/aromatic N) is 2. The lowest BCUT2D eigenvalue weighted by molar-refractivity contribution is 0.0945. The third kappa shape index (κ3) is 2.79. The van der Waals surface area contributed by atoms with Gasteiger partial charge >= 0.3 is 0 Å². The Balaban J connectivity index is 1.90. The predicted octanol–water partition coefficient (Wildman–Crippen LogP) is 1.34. The quantitative estimate of drug-likeness (QED) is 0.755. The van der Waals surface area contributed by atoms with E-state index < -0.39 is 22.9 Å².